The molecule has 0 saturated carbocycles. The number of nitrogens with zero attached hydrogens (tertiary/aromatic N) is 3. The Morgan fingerprint density at radius 2 is 2.41 bits per heavy atom. The van der Waals surface area contributed by atoms with E-state index in [1.807, 2.05) is 18.3 Å². The van der Waals surface area contributed by atoms with Crippen molar-refractivity contribution in [2.75, 3.05) is 18.8 Å². The van der Waals surface area contributed by atoms with Crippen molar-refractivity contribution >= 4 is 11.2 Å². The van der Waals surface area contributed by atoms with Gasteiger partial charge in [-0.3, -0.25) is 4.90 Å². The second-order valence-corrected chi connectivity index (χ2v) is 4.62. The Hall–Kier alpha value is -1.55. The molecule has 4 heteroatoms. The minimum absolute atomic E-state index is 0.448. The van der Waals surface area contributed by atoms with Gasteiger partial charge < -0.3 is 10.1 Å². The van der Waals surface area contributed by atoms with Crippen molar-refractivity contribution in [2.24, 2.45) is 0 Å². The first kappa shape index (κ1) is 10.6. The smallest absolute Gasteiger partial charge is 0.130 e. The Morgan fingerprint density at radius 1 is 1.53 bits per heavy atom. The van der Waals surface area contributed by atoms with E-state index in [9.17, 15) is 0 Å². The first-order valence-electron chi connectivity index (χ1n) is 6.26. The molecule has 1 atom stereocenters. The highest BCUT2D eigenvalue weighted by Gasteiger charge is 2.27. The molecule has 90 valence electrons. The van der Waals surface area contributed by atoms with E-state index < -0.39 is 0 Å². The lowest BCUT2D eigenvalue weighted by molar-refractivity contribution is 0.261. The van der Waals surface area contributed by atoms with Crippen molar-refractivity contribution in [2.45, 2.75) is 25.8 Å². The number of likely N-dealkylation sites (tertiary alicyclic amines) is 1. The van der Waals surface area contributed by atoms with Crippen molar-refractivity contribution < 1.29 is 0 Å². The van der Waals surface area contributed by atoms with Gasteiger partial charge >= 0.3 is 0 Å². The number of hydrogen-bond donors (Lipinski definition) is 1. The Labute approximate surface area is 101 Å². The number of aromatic nitrogens is 2. The molecule has 4 nitrogen and oxygen atoms in total. The highest BCUT2D eigenvalue weighted by molar-refractivity contribution is 5.68. The number of nitrogen functional groups attached to an aromatic ring is 1. The van der Waals surface area contributed by atoms with Gasteiger partial charge in [-0.25, -0.2) is 4.98 Å². The molecule has 1 fully saturated rings. The summed E-state index contributed by atoms with van der Waals surface area (Å²) in [6, 6.07) is 4.36. The molecule has 1 aliphatic rings. The molecule has 0 radical (unpaired) electrons. The van der Waals surface area contributed by atoms with Crippen LogP contribution in [0.15, 0.2) is 24.5 Å². The van der Waals surface area contributed by atoms with Crippen LogP contribution in [0, 0.1) is 0 Å². The maximum Gasteiger partial charge on any atom is 0.130 e. The third kappa shape index (κ3) is 1.60. The van der Waals surface area contributed by atoms with E-state index in [0.29, 0.717) is 6.04 Å². The lowest BCUT2D eigenvalue weighted by atomic mass is 10.2. The molecule has 1 aliphatic heterocycles. The second kappa shape index (κ2) is 4.04. The predicted molar refractivity (Wildman–Crippen MR) is 68.8 cm³/mol. The monoisotopic (exact) mass is 230 g/mol. The van der Waals surface area contributed by atoms with Gasteiger partial charge in [-0.15, -0.1) is 0 Å². The molecule has 2 aromatic rings. The molecule has 0 spiro atoms. The summed E-state index contributed by atoms with van der Waals surface area (Å²) in [4.78, 5) is 7.06. The summed E-state index contributed by atoms with van der Waals surface area (Å²) in [6.45, 7) is 4.47. The van der Waals surface area contributed by atoms with Crippen LogP contribution in [0.25, 0.3) is 5.52 Å². The van der Waals surface area contributed by atoms with Crippen molar-refractivity contribution in [3.8, 4) is 0 Å². The summed E-state index contributed by atoms with van der Waals surface area (Å²) >= 11 is 0. The summed E-state index contributed by atoms with van der Waals surface area (Å²) in [5, 5.41) is 0. The lowest BCUT2D eigenvalue weighted by Crippen LogP contribution is -2.24. The van der Waals surface area contributed by atoms with E-state index in [1.165, 1.54) is 19.4 Å². The average Bonchev–Trinajstić information content (AvgIpc) is 2.94. The van der Waals surface area contributed by atoms with Gasteiger partial charge in [0.15, 0.2) is 0 Å². The van der Waals surface area contributed by atoms with E-state index in [4.69, 9.17) is 5.73 Å². The van der Waals surface area contributed by atoms with Crippen molar-refractivity contribution in [1.82, 2.24) is 14.3 Å². The standard InChI is InChI=1S/C13H18N4/c1-2-16-7-4-6-11(16)13-15-9-12-10(14)5-3-8-17(12)13/h3,5,8-9,11H,2,4,6-7,14H2,1H3. The maximum absolute atomic E-state index is 5.96. The number of imidazole rings is 1. The molecule has 1 saturated heterocycles. The normalized spacial score (nSPS) is 21.4. The minimum Gasteiger partial charge on any atom is -0.397 e. The summed E-state index contributed by atoms with van der Waals surface area (Å²) < 4.78 is 2.13. The third-order valence-corrected chi connectivity index (χ3v) is 3.70. The molecule has 1 unspecified atom stereocenters. The molecular formula is C13H18N4. The minimum atomic E-state index is 0.448. The van der Waals surface area contributed by atoms with E-state index in [-0.39, 0.29) is 0 Å². The first-order chi connectivity index (χ1) is 8.31. The van der Waals surface area contributed by atoms with Gasteiger partial charge in [0.2, 0.25) is 0 Å². The molecule has 3 rings (SSSR count). The Kier molecular flexibility index (Phi) is 2.52. The van der Waals surface area contributed by atoms with E-state index in [0.717, 1.165) is 23.6 Å². The fourth-order valence-electron chi connectivity index (χ4n) is 2.81. The maximum atomic E-state index is 5.96. The topological polar surface area (TPSA) is 46.6 Å². The molecule has 0 aromatic carbocycles. The van der Waals surface area contributed by atoms with Gasteiger partial charge in [-0.1, -0.05) is 6.92 Å². The van der Waals surface area contributed by atoms with Gasteiger partial charge in [0.05, 0.1) is 23.4 Å². The van der Waals surface area contributed by atoms with Crippen LogP contribution >= 0.6 is 0 Å². The quantitative estimate of drug-likeness (QED) is 0.859. The highest BCUT2D eigenvalue weighted by atomic mass is 15.2. The van der Waals surface area contributed by atoms with Crippen LogP contribution in [0.4, 0.5) is 5.69 Å². The Morgan fingerprint density at radius 3 is 3.24 bits per heavy atom. The van der Waals surface area contributed by atoms with Crippen molar-refractivity contribution in [1.29, 1.82) is 0 Å². The van der Waals surface area contributed by atoms with E-state index in [2.05, 4.69) is 27.4 Å². The lowest BCUT2D eigenvalue weighted by Gasteiger charge is -2.21. The number of hydrogen-bond acceptors (Lipinski definition) is 3. The molecule has 3 heterocycles. The molecule has 0 bridgehead atoms. The van der Waals surface area contributed by atoms with Crippen LogP contribution in [0.5, 0.6) is 0 Å². The van der Waals surface area contributed by atoms with Gasteiger partial charge in [0.25, 0.3) is 0 Å². The van der Waals surface area contributed by atoms with Crippen molar-refractivity contribution in [3.05, 3.63) is 30.4 Å². The molecule has 17 heavy (non-hydrogen) atoms. The van der Waals surface area contributed by atoms with Crippen LogP contribution in [0.1, 0.15) is 31.6 Å². The zero-order valence-electron chi connectivity index (χ0n) is 10.1. The largest absolute Gasteiger partial charge is 0.397 e. The van der Waals surface area contributed by atoms with Crippen LogP contribution < -0.4 is 5.73 Å². The van der Waals surface area contributed by atoms with Gasteiger partial charge in [-0.05, 0) is 38.1 Å². The highest BCUT2D eigenvalue weighted by Crippen LogP contribution is 2.31. The van der Waals surface area contributed by atoms with Crippen LogP contribution in [0.3, 0.4) is 0 Å². The zero-order valence-corrected chi connectivity index (χ0v) is 10.1. The summed E-state index contributed by atoms with van der Waals surface area (Å²) in [5.41, 5.74) is 7.78. The second-order valence-electron chi connectivity index (χ2n) is 4.62. The number of nitrogens with two attached hydrogens (primary N) is 1. The number of rotatable bonds is 2. The summed E-state index contributed by atoms with van der Waals surface area (Å²) in [5.74, 6) is 1.13. The van der Waals surface area contributed by atoms with E-state index in [1.54, 1.807) is 0 Å². The zero-order chi connectivity index (χ0) is 11.8. The Bertz CT molecular complexity index is 531. The Balaban J connectivity index is 2.09. The van der Waals surface area contributed by atoms with Gasteiger partial charge in [0.1, 0.15) is 5.82 Å². The fraction of sp³-hybridized carbons (Fsp3) is 0.462. The molecular weight excluding hydrogens is 212 g/mol. The molecule has 2 aromatic heterocycles. The SMILES string of the molecule is CCN1CCCC1c1ncc2c(N)cccn12. The molecule has 0 amide bonds. The van der Waals surface area contributed by atoms with Crippen molar-refractivity contribution in [3.63, 3.8) is 0 Å². The predicted octanol–water partition coefficient (Wildman–Crippen LogP) is 2.07. The van der Waals surface area contributed by atoms with Crippen LogP contribution in [-0.2, 0) is 0 Å². The number of fused-ring (bicyclic) bond motifs is 1. The number of pyridine rings is 1. The molecule has 2 N–H and O–H groups in total. The molecule has 0 aliphatic carbocycles. The third-order valence-electron chi connectivity index (χ3n) is 3.70. The first-order valence-corrected chi connectivity index (χ1v) is 6.26. The van der Waals surface area contributed by atoms with Crippen LogP contribution in [-0.4, -0.2) is 27.4 Å². The van der Waals surface area contributed by atoms with Gasteiger partial charge in [0, 0.05) is 6.20 Å². The summed E-state index contributed by atoms with van der Waals surface area (Å²) in [6.07, 6.45) is 6.40. The fourth-order valence-corrected chi connectivity index (χ4v) is 2.81. The van der Waals surface area contributed by atoms with Crippen LogP contribution in [0.2, 0.25) is 0 Å². The average molecular weight is 230 g/mol. The summed E-state index contributed by atoms with van der Waals surface area (Å²) in [7, 11) is 0. The van der Waals surface area contributed by atoms with Gasteiger partial charge in [-0.2, -0.15) is 0 Å². The number of anilines is 1. The van der Waals surface area contributed by atoms with E-state index >= 15 is 0 Å².